The van der Waals surface area contributed by atoms with Crippen molar-refractivity contribution in [1.82, 2.24) is 20.1 Å². The number of aromatic nitrogens is 3. The SMILES string of the molecule is CCc1nc(C(=O)N(C)C2CCCCCC2)n[nH]1. The fourth-order valence-corrected chi connectivity index (χ4v) is 2.52. The summed E-state index contributed by atoms with van der Waals surface area (Å²) in [6.45, 7) is 1.99. The Kier molecular flexibility index (Phi) is 4.33. The van der Waals surface area contributed by atoms with Gasteiger partial charge in [-0.2, -0.15) is 0 Å². The maximum atomic E-state index is 12.3. The molecule has 1 aliphatic rings. The van der Waals surface area contributed by atoms with Crippen LogP contribution in [0.25, 0.3) is 0 Å². The summed E-state index contributed by atoms with van der Waals surface area (Å²) in [5.41, 5.74) is 0. The molecule has 0 radical (unpaired) electrons. The van der Waals surface area contributed by atoms with E-state index >= 15 is 0 Å². The molecule has 0 bridgehead atoms. The van der Waals surface area contributed by atoms with Crippen molar-refractivity contribution in [3.63, 3.8) is 0 Å². The van der Waals surface area contributed by atoms with E-state index in [2.05, 4.69) is 15.2 Å². The summed E-state index contributed by atoms with van der Waals surface area (Å²) < 4.78 is 0. The first kappa shape index (κ1) is 13.1. The Labute approximate surface area is 108 Å². The number of H-pyrrole nitrogens is 1. The molecule has 0 aliphatic heterocycles. The fraction of sp³-hybridized carbons (Fsp3) is 0.769. The molecule has 1 amide bonds. The highest BCUT2D eigenvalue weighted by molar-refractivity contribution is 5.90. The maximum absolute atomic E-state index is 12.3. The van der Waals surface area contributed by atoms with E-state index in [9.17, 15) is 4.79 Å². The summed E-state index contributed by atoms with van der Waals surface area (Å²) >= 11 is 0. The van der Waals surface area contributed by atoms with Crippen molar-refractivity contribution in [1.29, 1.82) is 0 Å². The molecule has 2 rings (SSSR count). The molecule has 5 heteroatoms. The highest BCUT2D eigenvalue weighted by Crippen LogP contribution is 2.21. The molecule has 18 heavy (non-hydrogen) atoms. The van der Waals surface area contributed by atoms with E-state index < -0.39 is 0 Å². The molecule has 1 N–H and O–H groups in total. The van der Waals surface area contributed by atoms with Gasteiger partial charge in [-0.25, -0.2) is 4.98 Å². The minimum absolute atomic E-state index is 0.0575. The number of hydrogen-bond acceptors (Lipinski definition) is 3. The van der Waals surface area contributed by atoms with Crippen LogP contribution in [-0.4, -0.2) is 39.1 Å². The molecule has 0 atom stereocenters. The van der Waals surface area contributed by atoms with Crippen LogP contribution in [0.1, 0.15) is 61.9 Å². The van der Waals surface area contributed by atoms with Crippen LogP contribution in [0.4, 0.5) is 0 Å². The van der Waals surface area contributed by atoms with Gasteiger partial charge in [0.1, 0.15) is 5.82 Å². The molecule has 1 saturated carbocycles. The Morgan fingerprint density at radius 2 is 2.00 bits per heavy atom. The van der Waals surface area contributed by atoms with Gasteiger partial charge in [0.15, 0.2) is 0 Å². The van der Waals surface area contributed by atoms with Crippen molar-refractivity contribution in [3.05, 3.63) is 11.6 Å². The molecule has 5 nitrogen and oxygen atoms in total. The number of carbonyl (C=O) groups is 1. The third-order valence-electron chi connectivity index (χ3n) is 3.75. The number of nitrogens with one attached hydrogen (secondary N) is 1. The number of aryl methyl sites for hydroxylation is 1. The van der Waals surface area contributed by atoms with E-state index in [0.29, 0.717) is 11.9 Å². The van der Waals surface area contributed by atoms with Crippen LogP contribution in [0.5, 0.6) is 0 Å². The second-order valence-corrected chi connectivity index (χ2v) is 5.02. The number of nitrogens with zero attached hydrogens (tertiary/aromatic N) is 3. The Morgan fingerprint density at radius 1 is 1.33 bits per heavy atom. The second-order valence-electron chi connectivity index (χ2n) is 5.02. The van der Waals surface area contributed by atoms with E-state index in [4.69, 9.17) is 0 Å². The van der Waals surface area contributed by atoms with Crippen LogP contribution in [0, 0.1) is 0 Å². The number of aromatic amines is 1. The molecule has 1 aromatic heterocycles. The van der Waals surface area contributed by atoms with Gasteiger partial charge in [-0.05, 0) is 12.8 Å². The average Bonchev–Trinajstić information content (AvgIpc) is 2.71. The predicted molar refractivity (Wildman–Crippen MR) is 69.3 cm³/mol. The summed E-state index contributed by atoms with van der Waals surface area (Å²) in [6.07, 6.45) is 8.00. The molecule has 0 spiro atoms. The second kappa shape index (κ2) is 5.98. The van der Waals surface area contributed by atoms with Gasteiger partial charge in [0.05, 0.1) is 0 Å². The van der Waals surface area contributed by atoms with Crippen LogP contribution >= 0.6 is 0 Å². The monoisotopic (exact) mass is 250 g/mol. The van der Waals surface area contributed by atoms with Crippen molar-refractivity contribution in [3.8, 4) is 0 Å². The van der Waals surface area contributed by atoms with Gasteiger partial charge in [-0.1, -0.05) is 32.6 Å². The largest absolute Gasteiger partial charge is 0.336 e. The quantitative estimate of drug-likeness (QED) is 0.836. The summed E-state index contributed by atoms with van der Waals surface area (Å²) in [5, 5.41) is 6.80. The van der Waals surface area contributed by atoms with Gasteiger partial charge < -0.3 is 4.90 Å². The lowest BCUT2D eigenvalue weighted by molar-refractivity contribution is 0.0705. The topological polar surface area (TPSA) is 61.9 Å². The standard InChI is InChI=1S/C13H22N4O/c1-3-11-14-12(16-15-11)13(18)17(2)10-8-6-4-5-7-9-10/h10H,3-9H2,1-2H3,(H,14,15,16). The molecule has 1 heterocycles. The predicted octanol–water partition coefficient (Wildman–Crippen LogP) is 2.16. The molecule has 1 aromatic rings. The Bertz CT molecular complexity index is 393. The Hall–Kier alpha value is -1.39. The normalized spacial score (nSPS) is 17.4. The Morgan fingerprint density at radius 3 is 2.56 bits per heavy atom. The number of hydrogen-bond donors (Lipinski definition) is 1. The third-order valence-corrected chi connectivity index (χ3v) is 3.75. The van der Waals surface area contributed by atoms with E-state index in [-0.39, 0.29) is 5.91 Å². The zero-order valence-electron chi connectivity index (χ0n) is 11.3. The van der Waals surface area contributed by atoms with Crippen LogP contribution < -0.4 is 0 Å². The van der Waals surface area contributed by atoms with Gasteiger partial charge in [0, 0.05) is 19.5 Å². The zero-order chi connectivity index (χ0) is 13.0. The molecule has 100 valence electrons. The first-order chi connectivity index (χ1) is 8.72. The number of carbonyl (C=O) groups excluding carboxylic acids is 1. The summed E-state index contributed by atoms with van der Waals surface area (Å²) in [7, 11) is 1.88. The van der Waals surface area contributed by atoms with Crippen molar-refractivity contribution >= 4 is 5.91 Å². The third kappa shape index (κ3) is 2.89. The first-order valence-corrected chi connectivity index (χ1v) is 6.90. The highest BCUT2D eigenvalue weighted by atomic mass is 16.2. The smallest absolute Gasteiger partial charge is 0.293 e. The van der Waals surface area contributed by atoms with E-state index in [1.165, 1.54) is 25.7 Å². The van der Waals surface area contributed by atoms with E-state index in [1.807, 2.05) is 18.9 Å². The molecule has 1 fully saturated rings. The van der Waals surface area contributed by atoms with Crippen LogP contribution in [-0.2, 0) is 6.42 Å². The molecule has 0 aromatic carbocycles. The van der Waals surface area contributed by atoms with Crippen LogP contribution in [0.2, 0.25) is 0 Å². The lowest BCUT2D eigenvalue weighted by Gasteiger charge is -2.26. The Balaban J connectivity index is 2.02. The lowest BCUT2D eigenvalue weighted by Crippen LogP contribution is -2.37. The summed E-state index contributed by atoms with van der Waals surface area (Å²) in [4.78, 5) is 18.3. The van der Waals surface area contributed by atoms with Gasteiger partial charge >= 0.3 is 0 Å². The summed E-state index contributed by atoms with van der Waals surface area (Å²) in [5.74, 6) is 1.02. The number of rotatable bonds is 3. The van der Waals surface area contributed by atoms with Crippen molar-refractivity contribution in [2.45, 2.75) is 57.9 Å². The lowest BCUT2D eigenvalue weighted by atomic mass is 10.1. The van der Waals surface area contributed by atoms with E-state index in [0.717, 1.165) is 25.1 Å². The van der Waals surface area contributed by atoms with Crippen molar-refractivity contribution < 1.29 is 4.79 Å². The average molecular weight is 250 g/mol. The first-order valence-electron chi connectivity index (χ1n) is 6.90. The minimum Gasteiger partial charge on any atom is -0.336 e. The molecule has 1 aliphatic carbocycles. The molecule has 0 saturated heterocycles. The molecular weight excluding hydrogens is 228 g/mol. The van der Waals surface area contributed by atoms with Gasteiger partial charge in [0.2, 0.25) is 5.82 Å². The molecule has 0 unspecified atom stereocenters. The van der Waals surface area contributed by atoms with Crippen molar-refractivity contribution in [2.75, 3.05) is 7.05 Å². The van der Waals surface area contributed by atoms with E-state index in [1.54, 1.807) is 0 Å². The minimum atomic E-state index is -0.0575. The molecular formula is C13H22N4O. The van der Waals surface area contributed by atoms with Gasteiger partial charge in [0.25, 0.3) is 5.91 Å². The van der Waals surface area contributed by atoms with Gasteiger partial charge in [-0.3, -0.25) is 9.89 Å². The summed E-state index contributed by atoms with van der Waals surface area (Å²) in [6, 6.07) is 0.351. The highest BCUT2D eigenvalue weighted by Gasteiger charge is 2.24. The fourth-order valence-electron chi connectivity index (χ4n) is 2.52. The van der Waals surface area contributed by atoms with Crippen molar-refractivity contribution in [2.24, 2.45) is 0 Å². The van der Waals surface area contributed by atoms with Crippen LogP contribution in [0.15, 0.2) is 0 Å². The number of amides is 1. The maximum Gasteiger partial charge on any atom is 0.293 e. The zero-order valence-corrected chi connectivity index (χ0v) is 11.3. The van der Waals surface area contributed by atoms with Gasteiger partial charge in [-0.15, -0.1) is 5.10 Å². The van der Waals surface area contributed by atoms with Crippen LogP contribution in [0.3, 0.4) is 0 Å².